The van der Waals surface area contributed by atoms with Gasteiger partial charge in [0.1, 0.15) is 5.01 Å². The lowest BCUT2D eigenvalue weighted by molar-refractivity contribution is 0.355. The monoisotopic (exact) mass is 288 g/mol. The number of hydrogen-bond acceptors (Lipinski definition) is 3. The SMILES string of the molecule is CC(C)C(CNC(C)(C)c1nccs1)c1ccccc1. The number of rotatable bonds is 6. The number of nitrogens with one attached hydrogen (secondary N) is 1. The van der Waals surface area contributed by atoms with Crippen molar-refractivity contribution in [3.05, 3.63) is 52.5 Å². The number of thiazole rings is 1. The Morgan fingerprint density at radius 3 is 2.45 bits per heavy atom. The van der Waals surface area contributed by atoms with Crippen LogP contribution in [0.5, 0.6) is 0 Å². The summed E-state index contributed by atoms with van der Waals surface area (Å²) in [6, 6.07) is 10.8. The summed E-state index contributed by atoms with van der Waals surface area (Å²) in [5.74, 6) is 1.13. The van der Waals surface area contributed by atoms with E-state index in [4.69, 9.17) is 0 Å². The van der Waals surface area contributed by atoms with Crippen molar-refractivity contribution in [2.45, 2.75) is 39.2 Å². The van der Waals surface area contributed by atoms with Gasteiger partial charge in [-0.1, -0.05) is 44.2 Å². The summed E-state index contributed by atoms with van der Waals surface area (Å²) in [7, 11) is 0. The molecule has 1 aromatic carbocycles. The molecule has 0 bridgehead atoms. The molecule has 2 aromatic rings. The molecule has 0 saturated carbocycles. The van der Waals surface area contributed by atoms with E-state index in [2.05, 4.69) is 68.3 Å². The van der Waals surface area contributed by atoms with Crippen LogP contribution in [0.1, 0.15) is 44.2 Å². The van der Waals surface area contributed by atoms with E-state index in [1.807, 2.05) is 11.6 Å². The Bertz CT molecular complexity index is 503. The molecule has 1 heterocycles. The highest BCUT2D eigenvalue weighted by atomic mass is 32.1. The highest BCUT2D eigenvalue weighted by Crippen LogP contribution is 2.27. The summed E-state index contributed by atoms with van der Waals surface area (Å²) in [4.78, 5) is 4.44. The van der Waals surface area contributed by atoms with Gasteiger partial charge in [0, 0.05) is 18.1 Å². The van der Waals surface area contributed by atoms with Crippen molar-refractivity contribution < 1.29 is 0 Å². The Hall–Kier alpha value is -1.19. The molecule has 1 atom stereocenters. The Labute approximate surface area is 126 Å². The lowest BCUT2D eigenvalue weighted by atomic mass is 9.87. The highest BCUT2D eigenvalue weighted by Gasteiger charge is 2.25. The fraction of sp³-hybridized carbons (Fsp3) is 0.471. The van der Waals surface area contributed by atoms with E-state index in [1.165, 1.54) is 5.56 Å². The smallest absolute Gasteiger partial charge is 0.112 e. The number of aromatic nitrogens is 1. The van der Waals surface area contributed by atoms with Crippen molar-refractivity contribution in [2.24, 2.45) is 5.92 Å². The third-order valence-electron chi connectivity index (χ3n) is 3.76. The molecule has 0 aliphatic rings. The van der Waals surface area contributed by atoms with Gasteiger partial charge < -0.3 is 5.32 Å². The van der Waals surface area contributed by atoms with E-state index in [-0.39, 0.29) is 5.54 Å². The molecule has 0 saturated heterocycles. The molecule has 1 unspecified atom stereocenters. The molecule has 0 amide bonds. The van der Waals surface area contributed by atoms with Crippen molar-refractivity contribution in [3.63, 3.8) is 0 Å². The van der Waals surface area contributed by atoms with Gasteiger partial charge in [-0.2, -0.15) is 0 Å². The third-order valence-corrected chi connectivity index (χ3v) is 4.86. The quantitative estimate of drug-likeness (QED) is 0.851. The average molecular weight is 288 g/mol. The fourth-order valence-corrected chi connectivity index (χ4v) is 3.15. The molecular weight excluding hydrogens is 264 g/mol. The Balaban J connectivity index is 2.07. The third kappa shape index (κ3) is 3.68. The second-order valence-electron chi connectivity index (χ2n) is 6.10. The maximum Gasteiger partial charge on any atom is 0.112 e. The minimum atomic E-state index is -0.0733. The minimum absolute atomic E-state index is 0.0733. The van der Waals surface area contributed by atoms with Crippen LogP contribution in [0.2, 0.25) is 0 Å². The van der Waals surface area contributed by atoms with E-state index >= 15 is 0 Å². The lowest BCUT2D eigenvalue weighted by Crippen LogP contribution is -2.39. The maximum atomic E-state index is 4.44. The predicted octanol–water partition coefficient (Wildman–Crippen LogP) is 4.41. The van der Waals surface area contributed by atoms with Crippen LogP contribution in [-0.4, -0.2) is 11.5 Å². The lowest BCUT2D eigenvalue weighted by Gasteiger charge is -2.29. The summed E-state index contributed by atoms with van der Waals surface area (Å²) in [5, 5.41) is 6.87. The molecule has 0 spiro atoms. The van der Waals surface area contributed by atoms with Crippen molar-refractivity contribution in [3.8, 4) is 0 Å². The second-order valence-corrected chi connectivity index (χ2v) is 7.00. The van der Waals surface area contributed by atoms with Crippen molar-refractivity contribution in [1.82, 2.24) is 10.3 Å². The molecule has 0 fully saturated rings. The number of hydrogen-bond donors (Lipinski definition) is 1. The molecular formula is C17H24N2S. The molecule has 0 radical (unpaired) electrons. The number of benzene rings is 1. The molecule has 1 N–H and O–H groups in total. The van der Waals surface area contributed by atoms with Gasteiger partial charge in [0.05, 0.1) is 5.54 Å². The Morgan fingerprint density at radius 1 is 1.20 bits per heavy atom. The summed E-state index contributed by atoms with van der Waals surface area (Å²) in [6.07, 6.45) is 1.88. The first-order valence-electron chi connectivity index (χ1n) is 7.20. The molecule has 0 aliphatic heterocycles. The van der Waals surface area contributed by atoms with Gasteiger partial charge in [-0.25, -0.2) is 4.98 Å². The maximum absolute atomic E-state index is 4.44. The van der Waals surface area contributed by atoms with Crippen LogP contribution >= 0.6 is 11.3 Å². The average Bonchev–Trinajstić information content (AvgIpc) is 2.94. The van der Waals surface area contributed by atoms with Gasteiger partial charge in [-0.05, 0) is 31.2 Å². The van der Waals surface area contributed by atoms with Crippen molar-refractivity contribution in [2.75, 3.05) is 6.54 Å². The second kappa shape index (κ2) is 6.51. The minimum Gasteiger partial charge on any atom is -0.305 e. The van der Waals surface area contributed by atoms with Crippen molar-refractivity contribution in [1.29, 1.82) is 0 Å². The molecule has 0 aliphatic carbocycles. The van der Waals surface area contributed by atoms with E-state index in [0.717, 1.165) is 11.6 Å². The summed E-state index contributed by atoms with van der Waals surface area (Å²) >= 11 is 1.71. The molecule has 20 heavy (non-hydrogen) atoms. The predicted molar refractivity (Wildman–Crippen MR) is 87.2 cm³/mol. The van der Waals surface area contributed by atoms with Gasteiger partial charge in [-0.3, -0.25) is 0 Å². The zero-order valence-electron chi connectivity index (χ0n) is 12.8. The molecule has 3 heteroatoms. The van der Waals surface area contributed by atoms with E-state index in [9.17, 15) is 0 Å². The van der Waals surface area contributed by atoms with Crippen LogP contribution in [0.15, 0.2) is 41.9 Å². The van der Waals surface area contributed by atoms with Gasteiger partial charge in [-0.15, -0.1) is 11.3 Å². The first kappa shape index (κ1) is 15.2. The molecule has 108 valence electrons. The van der Waals surface area contributed by atoms with E-state index in [0.29, 0.717) is 11.8 Å². The topological polar surface area (TPSA) is 24.9 Å². The molecule has 2 nitrogen and oxygen atoms in total. The van der Waals surface area contributed by atoms with Crippen LogP contribution in [-0.2, 0) is 5.54 Å². The van der Waals surface area contributed by atoms with Crippen molar-refractivity contribution >= 4 is 11.3 Å². The van der Waals surface area contributed by atoms with Gasteiger partial charge in [0.2, 0.25) is 0 Å². The normalized spacial score (nSPS) is 13.7. The van der Waals surface area contributed by atoms with Crippen LogP contribution in [0.4, 0.5) is 0 Å². The summed E-state index contributed by atoms with van der Waals surface area (Å²) < 4.78 is 0. The van der Waals surface area contributed by atoms with Crippen LogP contribution in [0.3, 0.4) is 0 Å². The van der Waals surface area contributed by atoms with Gasteiger partial charge in [0.15, 0.2) is 0 Å². The standard InChI is InChI=1S/C17H24N2S/c1-13(2)15(14-8-6-5-7-9-14)12-19-17(3,4)16-18-10-11-20-16/h5-11,13,15,19H,12H2,1-4H3. The Morgan fingerprint density at radius 2 is 1.90 bits per heavy atom. The molecule has 2 rings (SSSR count). The summed E-state index contributed by atoms with van der Waals surface area (Å²) in [5.41, 5.74) is 1.33. The van der Waals surface area contributed by atoms with Gasteiger partial charge >= 0.3 is 0 Å². The summed E-state index contributed by atoms with van der Waals surface area (Å²) in [6.45, 7) is 9.95. The van der Waals surface area contributed by atoms with E-state index < -0.39 is 0 Å². The molecule has 1 aromatic heterocycles. The first-order chi connectivity index (χ1) is 9.50. The largest absolute Gasteiger partial charge is 0.305 e. The Kier molecular flexibility index (Phi) is 4.95. The number of nitrogens with zero attached hydrogens (tertiary/aromatic N) is 1. The first-order valence-corrected chi connectivity index (χ1v) is 8.08. The highest BCUT2D eigenvalue weighted by molar-refractivity contribution is 7.09. The van der Waals surface area contributed by atoms with Crippen LogP contribution in [0.25, 0.3) is 0 Å². The fourth-order valence-electron chi connectivity index (χ4n) is 2.41. The van der Waals surface area contributed by atoms with Crippen LogP contribution in [0, 0.1) is 5.92 Å². The van der Waals surface area contributed by atoms with Gasteiger partial charge in [0.25, 0.3) is 0 Å². The zero-order chi connectivity index (χ0) is 14.6. The zero-order valence-corrected chi connectivity index (χ0v) is 13.6. The van der Waals surface area contributed by atoms with E-state index in [1.54, 1.807) is 11.3 Å². The van der Waals surface area contributed by atoms with Crippen LogP contribution < -0.4 is 5.32 Å².